The second-order valence-electron chi connectivity index (χ2n) is 7.58. The zero-order valence-electron chi connectivity index (χ0n) is 16.2. The highest BCUT2D eigenvalue weighted by molar-refractivity contribution is 5.97. The lowest BCUT2D eigenvalue weighted by molar-refractivity contribution is -0.142. The number of carbonyl (C=O) groups is 2. The Bertz CT molecular complexity index is 762. The summed E-state index contributed by atoms with van der Waals surface area (Å²) in [5.74, 6) is -0.0597. The van der Waals surface area contributed by atoms with Gasteiger partial charge in [0.2, 0.25) is 11.8 Å². The van der Waals surface area contributed by atoms with Crippen molar-refractivity contribution < 1.29 is 9.59 Å². The van der Waals surface area contributed by atoms with Crippen molar-refractivity contribution in [3.8, 4) is 0 Å². The van der Waals surface area contributed by atoms with Crippen LogP contribution < -0.4 is 0 Å². The molecule has 0 saturated carbocycles. The SMILES string of the molecule is O=C1CCCN1C(=O)CN1CCN(C(c2ccccc2)c2ccccc2)CC1. The molecule has 0 unspecified atom stereocenters. The Morgan fingerprint density at radius 1 is 0.821 bits per heavy atom. The van der Waals surface area contributed by atoms with E-state index in [9.17, 15) is 9.59 Å². The van der Waals surface area contributed by atoms with Crippen molar-refractivity contribution in [3.63, 3.8) is 0 Å². The minimum absolute atomic E-state index is 0.0168. The first-order valence-electron chi connectivity index (χ1n) is 10.1. The van der Waals surface area contributed by atoms with Crippen LogP contribution in [0.4, 0.5) is 0 Å². The Balaban J connectivity index is 1.42. The van der Waals surface area contributed by atoms with Gasteiger partial charge in [-0.2, -0.15) is 0 Å². The minimum Gasteiger partial charge on any atom is -0.292 e. The number of rotatable bonds is 5. The Hall–Kier alpha value is -2.50. The molecular weight excluding hydrogens is 350 g/mol. The van der Waals surface area contributed by atoms with E-state index in [1.807, 2.05) is 0 Å². The second kappa shape index (κ2) is 8.67. The number of likely N-dealkylation sites (tertiary alicyclic amines) is 1. The number of imide groups is 1. The van der Waals surface area contributed by atoms with Crippen LogP contribution in [0.3, 0.4) is 0 Å². The number of benzene rings is 2. The molecule has 0 aromatic heterocycles. The van der Waals surface area contributed by atoms with Crippen LogP contribution in [0.25, 0.3) is 0 Å². The second-order valence-corrected chi connectivity index (χ2v) is 7.58. The third-order valence-electron chi connectivity index (χ3n) is 5.74. The molecule has 0 radical (unpaired) electrons. The van der Waals surface area contributed by atoms with Gasteiger partial charge >= 0.3 is 0 Å². The van der Waals surface area contributed by atoms with E-state index in [4.69, 9.17) is 0 Å². The number of nitrogens with zero attached hydrogens (tertiary/aromatic N) is 3. The summed E-state index contributed by atoms with van der Waals surface area (Å²) in [6.07, 6.45) is 1.31. The first-order chi connectivity index (χ1) is 13.7. The van der Waals surface area contributed by atoms with Crippen LogP contribution in [-0.4, -0.2) is 65.8 Å². The molecule has 0 atom stereocenters. The van der Waals surface area contributed by atoms with E-state index in [1.54, 1.807) is 0 Å². The van der Waals surface area contributed by atoms with Gasteiger partial charge in [-0.05, 0) is 17.5 Å². The highest BCUT2D eigenvalue weighted by atomic mass is 16.2. The average molecular weight is 377 g/mol. The summed E-state index contributed by atoms with van der Waals surface area (Å²) in [6, 6.07) is 21.4. The molecular formula is C23H27N3O2. The van der Waals surface area contributed by atoms with Crippen LogP contribution in [0.2, 0.25) is 0 Å². The molecule has 2 heterocycles. The van der Waals surface area contributed by atoms with Crippen molar-refractivity contribution in [1.29, 1.82) is 0 Å². The molecule has 146 valence electrons. The molecule has 2 aromatic rings. The van der Waals surface area contributed by atoms with Gasteiger partial charge in [-0.25, -0.2) is 0 Å². The Morgan fingerprint density at radius 3 is 1.89 bits per heavy atom. The fraction of sp³-hybridized carbons (Fsp3) is 0.391. The zero-order chi connectivity index (χ0) is 19.3. The molecule has 0 aliphatic carbocycles. The zero-order valence-corrected chi connectivity index (χ0v) is 16.2. The largest absolute Gasteiger partial charge is 0.292 e. The Labute approximate surface area is 166 Å². The van der Waals surface area contributed by atoms with Crippen molar-refractivity contribution in [2.24, 2.45) is 0 Å². The van der Waals surface area contributed by atoms with Crippen LogP contribution in [0.1, 0.15) is 30.0 Å². The maximum absolute atomic E-state index is 12.4. The number of hydrogen-bond acceptors (Lipinski definition) is 4. The summed E-state index contributed by atoms with van der Waals surface area (Å²) in [5, 5.41) is 0. The highest BCUT2D eigenvalue weighted by Gasteiger charge is 2.30. The molecule has 5 heteroatoms. The predicted molar refractivity (Wildman–Crippen MR) is 109 cm³/mol. The van der Waals surface area contributed by atoms with Gasteiger partial charge in [-0.1, -0.05) is 60.7 Å². The highest BCUT2D eigenvalue weighted by Crippen LogP contribution is 2.29. The first-order valence-corrected chi connectivity index (χ1v) is 10.1. The van der Waals surface area contributed by atoms with E-state index < -0.39 is 0 Å². The van der Waals surface area contributed by atoms with Gasteiger partial charge in [0.15, 0.2) is 0 Å². The number of hydrogen-bond donors (Lipinski definition) is 0. The fourth-order valence-corrected chi connectivity index (χ4v) is 4.25. The number of carbonyl (C=O) groups excluding carboxylic acids is 2. The van der Waals surface area contributed by atoms with E-state index in [0.29, 0.717) is 19.5 Å². The first kappa shape index (κ1) is 18.8. The maximum atomic E-state index is 12.4. The van der Waals surface area contributed by atoms with Crippen LogP contribution in [-0.2, 0) is 9.59 Å². The molecule has 0 N–H and O–H groups in total. The molecule has 2 fully saturated rings. The van der Waals surface area contributed by atoms with E-state index in [2.05, 4.69) is 70.5 Å². The molecule has 5 nitrogen and oxygen atoms in total. The van der Waals surface area contributed by atoms with Crippen LogP contribution in [0.15, 0.2) is 60.7 Å². The topological polar surface area (TPSA) is 43.9 Å². The summed E-state index contributed by atoms with van der Waals surface area (Å²) in [5.41, 5.74) is 2.58. The molecule has 2 aliphatic rings. The summed E-state index contributed by atoms with van der Waals surface area (Å²) in [6.45, 7) is 4.40. The molecule has 28 heavy (non-hydrogen) atoms. The lowest BCUT2D eigenvalue weighted by Crippen LogP contribution is -2.51. The van der Waals surface area contributed by atoms with Gasteiger partial charge in [-0.3, -0.25) is 24.3 Å². The maximum Gasteiger partial charge on any atom is 0.243 e. The van der Waals surface area contributed by atoms with Crippen molar-refractivity contribution in [2.75, 3.05) is 39.3 Å². The molecule has 0 bridgehead atoms. The van der Waals surface area contributed by atoms with Gasteiger partial charge in [0.05, 0.1) is 12.6 Å². The van der Waals surface area contributed by atoms with Crippen LogP contribution in [0, 0.1) is 0 Å². The Morgan fingerprint density at radius 2 is 1.39 bits per heavy atom. The monoisotopic (exact) mass is 377 g/mol. The normalized spacial score (nSPS) is 18.8. The molecule has 2 amide bonds. The lowest BCUT2D eigenvalue weighted by atomic mass is 9.96. The number of amides is 2. The van der Waals surface area contributed by atoms with E-state index >= 15 is 0 Å². The quantitative estimate of drug-likeness (QED) is 0.803. The molecule has 2 saturated heterocycles. The van der Waals surface area contributed by atoms with Crippen molar-refractivity contribution in [1.82, 2.24) is 14.7 Å². The third kappa shape index (κ3) is 4.16. The predicted octanol–water partition coefficient (Wildman–Crippen LogP) is 2.54. The van der Waals surface area contributed by atoms with E-state index in [1.165, 1.54) is 16.0 Å². The molecule has 2 aromatic carbocycles. The van der Waals surface area contributed by atoms with Crippen molar-refractivity contribution >= 4 is 11.8 Å². The van der Waals surface area contributed by atoms with Crippen LogP contribution in [0.5, 0.6) is 0 Å². The van der Waals surface area contributed by atoms with Gasteiger partial charge in [0.25, 0.3) is 0 Å². The average Bonchev–Trinajstić information content (AvgIpc) is 3.17. The van der Waals surface area contributed by atoms with E-state index in [-0.39, 0.29) is 17.9 Å². The Kier molecular flexibility index (Phi) is 5.84. The molecule has 2 aliphatic heterocycles. The molecule has 4 rings (SSSR count). The van der Waals surface area contributed by atoms with Crippen LogP contribution >= 0.6 is 0 Å². The fourth-order valence-electron chi connectivity index (χ4n) is 4.25. The van der Waals surface area contributed by atoms with Crippen molar-refractivity contribution in [3.05, 3.63) is 71.8 Å². The van der Waals surface area contributed by atoms with Gasteiger partial charge < -0.3 is 0 Å². The third-order valence-corrected chi connectivity index (χ3v) is 5.74. The standard InChI is InChI=1S/C23H27N3O2/c27-21-12-7-13-26(21)22(28)18-24-14-16-25(17-15-24)23(19-8-3-1-4-9-19)20-10-5-2-6-11-20/h1-6,8-11,23H,7,12-18H2. The van der Waals surface area contributed by atoms with Gasteiger partial charge in [-0.15, -0.1) is 0 Å². The van der Waals surface area contributed by atoms with Gasteiger partial charge in [0, 0.05) is 39.1 Å². The van der Waals surface area contributed by atoms with Gasteiger partial charge in [0.1, 0.15) is 0 Å². The minimum atomic E-state index is -0.0429. The molecule has 0 spiro atoms. The lowest BCUT2D eigenvalue weighted by Gasteiger charge is -2.39. The summed E-state index contributed by atoms with van der Waals surface area (Å²) in [4.78, 5) is 30.3. The summed E-state index contributed by atoms with van der Waals surface area (Å²) < 4.78 is 0. The smallest absolute Gasteiger partial charge is 0.243 e. The number of piperazine rings is 1. The van der Waals surface area contributed by atoms with Crippen molar-refractivity contribution in [2.45, 2.75) is 18.9 Å². The summed E-state index contributed by atoms with van der Waals surface area (Å²) >= 11 is 0. The summed E-state index contributed by atoms with van der Waals surface area (Å²) in [7, 11) is 0. The van der Waals surface area contributed by atoms with E-state index in [0.717, 1.165) is 32.6 Å².